The van der Waals surface area contributed by atoms with E-state index in [0.717, 1.165) is 44.8 Å². The van der Waals surface area contributed by atoms with Crippen LogP contribution in [0.15, 0.2) is 6.20 Å². The number of ether oxygens (including phenoxy) is 1. The van der Waals surface area contributed by atoms with Crippen molar-refractivity contribution < 1.29 is 4.74 Å². The van der Waals surface area contributed by atoms with E-state index in [-0.39, 0.29) is 11.6 Å². The lowest BCUT2D eigenvalue weighted by atomic mass is 9.84. The van der Waals surface area contributed by atoms with Crippen molar-refractivity contribution >= 4 is 0 Å². The molecular weight excluding hydrogens is 256 g/mol. The van der Waals surface area contributed by atoms with E-state index in [9.17, 15) is 0 Å². The second kappa shape index (κ2) is 5.77. The lowest BCUT2D eigenvalue weighted by molar-refractivity contribution is -0.0374. The molecule has 112 valence electrons. The molecule has 2 fully saturated rings. The Morgan fingerprint density at radius 3 is 2.60 bits per heavy atom. The second-order valence-electron chi connectivity index (χ2n) is 5.79. The van der Waals surface area contributed by atoms with Gasteiger partial charge in [0.25, 0.3) is 0 Å². The van der Waals surface area contributed by atoms with Gasteiger partial charge in [0.05, 0.1) is 31.1 Å². The van der Waals surface area contributed by atoms with E-state index in [1.807, 2.05) is 17.9 Å². The standard InChI is InChI=1S/C13H24N6O/c1-18-11(10-15-17-18)12(16-14)13(4-2-3-5-13)19-6-8-20-9-7-19/h10,12,16H,2-9,14H2,1H3. The fourth-order valence-electron chi connectivity index (χ4n) is 3.86. The van der Waals surface area contributed by atoms with E-state index >= 15 is 0 Å². The maximum atomic E-state index is 5.93. The molecule has 0 bridgehead atoms. The number of aryl methyl sites for hydroxylation is 1. The molecule has 0 radical (unpaired) electrons. The van der Waals surface area contributed by atoms with Crippen molar-refractivity contribution in [3.05, 3.63) is 11.9 Å². The Kier molecular flexibility index (Phi) is 4.02. The minimum absolute atomic E-state index is 0.0584. The Bertz CT molecular complexity index is 436. The maximum absolute atomic E-state index is 5.93. The first-order valence-electron chi connectivity index (χ1n) is 7.41. The summed E-state index contributed by atoms with van der Waals surface area (Å²) in [5, 5.41) is 8.07. The molecule has 1 unspecified atom stereocenters. The zero-order chi connectivity index (χ0) is 14.0. The van der Waals surface area contributed by atoms with Crippen LogP contribution in [0.5, 0.6) is 0 Å². The van der Waals surface area contributed by atoms with Crippen LogP contribution in [0.1, 0.15) is 37.4 Å². The zero-order valence-corrected chi connectivity index (χ0v) is 12.1. The average Bonchev–Trinajstić information content (AvgIpc) is 3.12. The summed E-state index contributed by atoms with van der Waals surface area (Å²) in [4.78, 5) is 2.56. The molecule has 1 atom stereocenters. The van der Waals surface area contributed by atoms with E-state index < -0.39 is 0 Å². The molecule has 3 N–H and O–H groups in total. The monoisotopic (exact) mass is 280 g/mol. The van der Waals surface area contributed by atoms with E-state index in [0.29, 0.717) is 0 Å². The number of hydrogen-bond donors (Lipinski definition) is 2. The molecule has 1 saturated carbocycles. The Labute approximate surface area is 119 Å². The van der Waals surface area contributed by atoms with Crippen molar-refractivity contribution in [2.75, 3.05) is 26.3 Å². The summed E-state index contributed by atoms with van der Waals surface area (Å²) in [5.41, 5.74) is 4.16. The minimum atomic E-state index is 0.0584. The van der Waals surface area contributed by atoms with Crippen LogP contribution in [0, 0.1) is 0 Å². The highest BCUT2D eigenvalue weighted by Gasteiger charge is 2.47. The van der Waals surface area contributed by atoms with Gasteiger partial charge in [0, 0.05) is 25.7 Å². The maximum Gasteiger partial charge on any atom is 0.0828 e. The van der Waals surface area contributed by atoms with E-state index in [1.165, 1.54) is 12.8 Å². The zero-order valence-electron chi connectivity index (χ0n) is 12.1. The summed E-state index contributed by atoms with van der Waals surface area (Å²) in [6.45, 7) is 3.57. The van der Waals surface area contributed by atoms with E-state index in [4.69, 9.17) is 10.6 Å². The van der Waals surface area contributed by atoms with Crippen LogP contribution >= 0.6 is 0 Å². The molecule has 20 heavy (non-hydrogen) atoms. The first-order chi connectivity index (χ1) is 9.78. The average molecular weight is 280 g/mol. The molecule has 1 aromatic rings. The molecule has 0 amide bonds. The van der Waals surface area contributed by atoms with Gasteiger partial charge in [-0.2, -0.15) is 0 Å². The summed E-state index contributed by atoms with van der Waals surface area (Å²) in [5.74, 6) is 5.93. The number of hydrogen-bond acceptors (Lipinski definition) is 6. The second-order valence-corrected chi connectivity index (χ2v) is 5.79. The minimum Gasteiger partial charge on any atom is -0.379 e. The Morgan fingerprint density at radius 2 is 2.05 bits per heavy atom. The number of morpholine rings is 1. The third kappa shape index (κ3) is 2.24. The van der Waals surface area contributed by atoms with Crippen LogP contribution in [0.3, 0.4) is 0 Å². The van der Waals surface area contributed by atoms with Crippen LogP contribution in [0.25, 0.3) is 0 Å². The molecule has 0 aromatic carbocycles. The summed E-state index contributed by atoms with van der Waals surface area (Å²) >= 11 is 0. The predicted molar refractivity (Wildman–Crippen MR) is 74.7 cm³/mol. The number of nitrogens with zero attached hydrogens (tertiary/aromatic N) is 4. The number of rotatable bonds is 4. The number of nitrogens with one attached hydrogen (secondary N) is 1. The fourth-order valence-corrected chi connectivity index (χ4v) is 3.86. The van der Waals surface area contributed by atoms with Crippen LogP contribution in [-0.4, -0.2) is 51.7 Å². The first kappa shape index (κ1) is 13.9. The lowest BCUT2D eigenvalue weighted by Crippen LogP contribution is -2.59. The van der Waals surface area contributed by atoms with Gasteiger partial charge in [0.1, 0.15) is 0 Å². The van der Waals surface area contributed by atoms with Crippen molar-refractivity contribution in [2.24, 2.45) is 12.9 Å². The van der Waals surface area contributed by atoms with Crippen LogP contribution in [0.4, 0.5) is 0 Å². The topological polar surface area (TPSA) is 81.2 Å². The Morgan fingerprint density at radius 1 is 1.35 bits per heavy atom. The molecular formula is C13H24N6O. The smallest absolute Gasteiger partial charge is 0.0828 e. The number of nitrogens with two attached hydrogens (primary N) is 1. The van der Waals surface area contributed by atoms with Crippen molar-refractivity contribution in [1.82, 2.24) is 25.3 Å². The van der Waals surface area contributed by atoms with Gasteiger partial charge in [0.2, 0.25) is 0 Å². The van der Waals surface area contributed by atoms with Gasteiger partial charge in [-0.3, -0.25) is 15.4 Å². The Balaban J connectivity index is 1.93. The van der Waals surface area contributed by atoms with Gasteiger partial charge >= 0.3 is 0 Å². The first-order valence-corrected chi connectivity index (χ1v) is 7.41. The number of hydrazine groups is 1. The molecule has 7 nitrogen and oxygen atoms in total. The number of aromatic nitrogens is 3. The van der Waals surface area contributed by atoms with E-state index in [2.05, 4.69) is 20.6 Å². The third-order valence-electron chi connectivity index (χ3n) is 4.86. The van der Waals surface area contributed by atoms with Crippen LogP contribution < -0.4 is 11.3 Å². The quantitative estimate of drug-likeness (QED) is 0.595. The van der Waals surface area contributed by atoms with Crippen LogP contribution in [0.2, 0.25) is 0 Å². The van der Waals surface area contributed by atoms with Gasteiger partial charge in [-0.15, -0.1) is 5.10 Å². The highest BCUT2D eigenvalue weighted by molar-refractivity contribution is 5.15. The SMILES string of the molecule is Cn1nncc1C(NN)C1(N2CCOCC2)CCCC1. The molecule has 1 aromatic heterocycles. The van der Waals surface area contributed by atoms with E-state index in [1.54, 1.807) is 0 Å². The molecule has 2 heterocycles. The summed E-state index contributed by atoms with van der Waals surface area (Å²) < 4.78 is 7.33. The summed E-state index contributed by atoms with van der Waals surface area (Å²) in [7, 11) is 1.93. The van der Waals surface area contributed by atoms with Gasteiger partial charge in [-0.05, 0) is 12.8 Å². The predicted octanol–water partition coefficient (Wildman–Crippen LogP) is -0.0355. The van der Waals surface area contributed by atoms with Gasteiger partial charge < -0.3 is 4.74 Å². The molecule has 1 aliphatic heterocycles. The third-order valence-corrected chi connectivity index (χ3v) is 4.86. The molecule has 1 saturated heterocycles. The van der Waals surface area contributed by atoms with Gasteiger partial charge in [-0.25, -0.2) is 5.43 Å². The highest BCUT2D eigenvalue weighted by Crippen LogP contribution is 2.44. The molecule has 0 spiro atoms. The highest BCUT2D eigenvalue weighted by atomic mass is 16.5. The lowest BCUT2D eigenvalue weighted by Gasteiger charge is -2.47. The van der Waals surface area contributed by atoms with Crippen molar-refractivity contribution in [3.63, 3.8) is 0 Å². The molecule has 2 aliphatic rings. The van der Waals surface area contributed by atoms with Gasteiger partial charge in [0.15, 0.2) is 0 Å². The van der Waals surface area contributed by atoms with Crippen molar-refractivity contribution in [2.45, 2.75) is 37.3 Å². The van der Waals surface area contributed by atoms with Crippen molar-refractivity contribution in [1.29, 1.82) is 0 Å². The Hall–Kier alpha value is -1.02. The molecule has 1 aliphatic carbocycles. The van der Waals surface area contributed by atoms with Gasteiger partial charge in [-0.1, -0.05) is 18.1 Å². The summed E-state index contributed by atoms with van der Waals surface area (Å²) in [6, 6.07) is 0.0584. The van der Waals surface area contributed by atoms with Crippen molar-refractivity contribution in [3.8, 4) is 0 Å². The summed E-state index contributed by atoms with van der Waals surface area (Å²) in [6.07, 6.45) is 6.65. The molecule has 7 heteroatoms. The fraction of sp³-hybridized carbons (Fsp3) is 0.846. The molecule has 3 rings (SSSR count). The normalized spacial score (nSPS) is 24.9. The van der Waals surface area contributed by atoms with Crippen LogP contribution in [-0.2, 0) is 11.8 Å². The largest absolute Gasteiger partial charge is 0.379 e.